The lowest BCUT2D eigenvalue weighted by Crippen LogP contribution is -1.90. The van der Waals surface area contributed by atoms with Crippen LogP contribution in [0.2, 0.25) is 0 Å². The summed E-state index contributed by atoms with van der Waals surface area (Å²) < 4.78 is 5.55. The van der Waals surface area contributed by atoms with Crippen molar-refractivity contribution in [3.05, 3.63) is 60.6 Å². The fourth-order valence-electron chi connectivity index (χ4n) is 1.84. The van der Waals surface area contributed by atoms with Crippen LogP contribution in [0.3, 0.4) is 0 Å². The molecule has 5 nitrogen and oxygen atoms in total. The molecule has 102 valence electrons. The van der Waals surface area contributed by atoms with Gasteiger partial charge in [0.2, 0.25) is 5.89 Å². The zero-order valence-corrected chi connectivity index (χ0v) is 10.9. The normalized spacial score (nSPS) is 11.3. The number of phenols is 1. The molecule has 0 saturated carbocycles. The van der Waals surface area contributed by atoms with Gasteiger partial charge in [0.05, 0.1) is 0 Å². The highest BCUT2D eigenvalue weighted by Crippen LogP contribution is 2.21. The number of anilines is 1. The molecule has 0 amide bonds. The van der Waals surface area contributed by atoms with Gasteiger partial charge < -0.3 is 14.8 Å². The Bertz CT molecular complexity index is 809. The van der Waals surface area contributed by atoms with Crippen LogP contribution < -0.4 is 5.32 Å². The van der Waals surface area contributed by atoms with Gasteiger partial charge in [-0.25, -0.2) is 4.98 Å². The molecule has 21 heavy (non-hydrogen) atoms. The summed E-state index contributed by atoms with van der Waals surface area (Å²) >= 11 is 0. The molecule has 0 aliphatic heterocycles. The van der Waals surface area contributed by atoms with Gasteiger partial charge in [0.25, 0.3) is 0 Å². The Balaban J connectivity index is 1.89. The SMILES string of the molecule is N#C/C(=C\Nc1ccc(O)cc1)c1nc2ccccc2o1. The first-order valence-electron chi connectivity index (χ1n) is 6.28. The highest BCUT2D eigenvalue weighted by Gasteiger charge is 2.09. The van der Waals surface area contributed by atoms with Crippen LogP contribution in [0.1, 0.15) is 5.89 Å². The third-order valence-corrected chi connectivity index (χ3v) is 2.90. The third-order valence-electron chi connectivity index (χ3n) is 2.90. The number of aromatic nitrogens is 1. The van der Waals surface area contributed by atoms with Crippen LogP contribution in [0.25, 0.3) is 16.7 Å². The summed E-state index contributed by atoms with van der Waals surface area (Å²) in [6.45, 7) is 0. The van der Waals surface area contributed by atoms with Crippen molar-refractivity contribution in [1.82, 2.24) is 4.98 Å². The van der Waals surface area contributed by atoms with E-state index in [9.17, 15) is 10.4 Å². The lowest BCUT2D eigenvalue weighted by Gasteiger charge is -2.00. The first-order chi connectivity index (χ1) is 10.3. The smallest absolute Gasteiger partial charge is 0.239 e. The van der Waals surface area contributed by atoms with Crippen LogP contribution in [0, 0.1) is 11.3 Å². The average Bonchev–Trinajstić information content (AvgIpc) is 2.93. The zero-order valence-electron chi connectivity index (χ0n) is 10.9. The highest BCUT2D eigenvalue weighted by molar-refractivity contribution is 5.80. The van der Waals surface area contributed by atoms with E-state index in [1.807, 2.05) is 18.2 Å². The highest BCUT2D eigenvalue weighted by atomic mass is 16.3. The monoisotopic (exact) mass is 277 g/mol. The summed E-state index contributed by atoms with van der Waals surface area (Å²) in [4.78, 5) is 4.27. The molecule has 2 aromatic carbocycles. The number of nitriles is 1. The first kappa shape index (κ1) is 12.8. The van der Waals surface area contributed by atoms with Crippen molar-refractivity contribution in [3.63, 3.8) is 0 Å². The van der Waals surface area contributed by atoms with Crippen LogP contribution in [0.4, 0.5) is 5.69 Å². The van der Waals surface area contributed by atoms with Gasteiger partial charge in [-0.1, -0.05) is 12.1 Å². The van der Waals surface area contributed by atoms with E-state index < -0.39 is 0 Å². The molecule has 3 rings (SSSR count). The molecular formula is C16H11N3O2. The maximum Gasteiger partial charge on any atom is 0.239 e. The molecule has 0 aliphatic rings. The Hall–Kier alpha value is -3.26. The minimum Gasteiger partial charge on any atom is -0.508 e. The van der Waals surface area contributed by atoms with Gasteiger partial charge in [0, 0.05) is 11.9 Å². The van der Waals surface area contributed by atoms with E-state index in [1.54, 1.807) is 30.3 Å². The topological polar surface area (TPSA) is 82.1 Å². The standard InChI is InChI=1S/C16H11N3O2/c17-9-11(10-18-12-5-7-13(20)8-6-12)16-19-14-3-1-2-4-15(14)21-16/h1-8,10,18,20H/b11-10+. The Labute approximate surface area is 120 Å². The number of aromatic hydroxyl groups is 1. The van der Waals surface area contributed by atoms with E-state index in [1.165, 1.54) is 6.20 Å². The largest absolute Gasteiger partial charge is 0.508 e. The maximum atomic E-state index is 9.23. The number of oxazole rings is 1. The number of allylic oxidation sites excluding steroid dienone is 1. The molecule has 0 fully saturated rings. The molecule has 3 aromatic rings. The molecule has 0 atom stereocenters. The average molecular weight is 277 g/mol. The fraction of sp³-hybridized carbons (Fsp3) is 0. The Morgan fingerprint density at radius 1 is 1.19 bits per heavy atom. The van der Waals surface area contributed by atoms with Gasteiger partial charge >= 0.3 is 0 Å². The summed E-state index contributed by atoms with van der Waals surface area (Å²) in [7, 11) is 0. The summed E-state index contributed by atoms with van der Waals surface area (Å²) in [6.07, 6.45) is 1.52. The second kappa shape index (κ2) is 5.39. The minimum atomic E-state index is 0.184. The van der Waals surface area contributed by atoms with Crippen molar-refractivity contribution < 1.29 is 9.52 Å². The molecule has 0 aliphatic carbocycles. The fourth-order valence-corrected chi connectivity index (χ4v) is 1.84. The molecule has 0 radical (unpaired) electrons. The van der Waals surface area contributed by atoms with Crippen molar-refractivity contribution in [2.75, 3.05) is 5.32 Å². The van der Waals surface area contributed by atoms with Crippen molar-refractivity contribution >= 4 is 22.4 Å². The number of benzene rings is 2. The molecule has 0 bridgehead atoms. The van der Waals surface area contributed by atoms with Crippen molar-refractivity contribution in [2.24, 2.45) is 0 Å². The van der Waals surface area contributed by atoms with Gasteiger partial charge in [-0.15, -0.1) is 0 Å². The Kier molecular flexibility index (Phi) is 3.27. The zero-order chi connectivity index (χ0) is 14.7. The van der Waals surface area contributed by atoms with E-state index in [0.29, 0.717) is 16.7 Å². The van der Waals surface area contributed by atoms with Gasteiger partial charge in [-0.3, -0.25) is 0 Å². The molecule has 0 saturated heterocycles. The van der Waals surface area contributed by atoms with Gasteiger partial charge in [0.1, 0.15) is 22.9 Å². The lowest BCUT2D eigenvalue weighted by atomic mass is 10.3. The first-order valence-corrected chi connectivity index (χ1v) is 6.28. The van der Waals surface area contributed by atoms with E-state index in [0.717, 1.165) is 5.69 Å². The van der Waals surface area contributed by atoms with Crippen LogP contribution in [-0.2, 0) is 0 Å². The lowest BCUT2D eigenvalue weighted by molar-refractivity contribution is 0.475. The summed E-state index contributed by atoms with van der Waals surface area (Å²) in [5.41, 5.74) is 2.38. The molecular weight excluding hydrogens is 266 g/mol. The third kappa shape index (κ3) is 2.69. The number of fused-ring (bicyclic) bond motifs is 1. The molecule has 1 heterocycles. The van der Waals surface area contributed by atoms with Crippen LogP contribution in [0.5, 0.6) is 5.75 Å². The molecule has 5 heteroatoms. The summed E-state index contributed by atoms with van der Waals surface area (Å²) in [6, 6.07) is 15.9. The van der Waals surface area contributed by atoms with Crippen LogP contribution >= 0.6 is 0 Å². The number of nitrogens with one attached hydrogen (secondary N) is 1. The number of rotatable bonds is 3. The Morgan fingerprint density at radius 2 is 1.95 bits per heavy atom. The van der Waals surface area contributed by atoms with Crippen molar-refractivity contribution in [1.29, 1.82) is 5.26 Å². The number of para-hydroxylation sites is 2. The second-order valence-electron chi connectivity index (χ2n) is 4.35. The number of hydrogen-bond donors (Lipinski definition) is 2. The van der Waals surface area contributed by atoms with Crippen molar-refractivity contribution in [2.45, 2.75) is 0 Å². The molecule has 0 spiro atoms. The van der Waals surface area contributed by atoms with Crippen LogP contribution in [0.15, 0.2) is 59.1 Å². The van der Waals surface area contributed by atoms with E-state index >= 15 is 0 Å². The maximum absolute atomic E-state index is 9.23. The predicted octanol–water partition coefficient (Wildman–Crippen LogP) is 3.51. The van der Waals surface area contributed by atoms with E-state index in [2.05, 4.69) is 16.4 Å². The molecule has 1 aromatic heterocycles. The summed E-state index contributed by atoms with van der Waals surface area (Å²) in [5.74, 6) is 0.453. The van der Waals surface area contributed by atoms with Gasteiger partial charge in [-0.05, 0) is 36.4 Å². The van der Waals surface area contributed by atoms with E-state index in [-0.39, 0.29) is 11.6 Å². The predicted molar refractivity (Wildman–Crippen MR) is 79.3 cm³/mol. The van der Waals surface area contributed by atoms with Gasteiger partial charge in [0.15, 0.2) is 5.58 Å². The molecule has 0 unspecified atom stereocenters. The minimum absolute atomic E-state index is 0.184. The van der Waals surface area contributed by atoms with Gasteiger partial charge in [-0.2, -0.15) is 5.26 Å². The second-order valence-corrected chi connectivity index (χ2v) is 4.35. The number of nitrogens with zero attached hydrogens (tertiary/aromatic N) is 2. The van der Waals surface area contributed by atoms with Crippen LogP contribution in [-0.4, -0.2) is 10.1 Å². The quantitative estimate of drug-likeness (QED) is 0.565. The van der Waals surface area contributed by atoms with Crippen molar-refractivity contribution in [3.8, 4) is 11.8 Å². The number of hydrogen-bond acceptors (Lipinski definition) is 5. The molecule has 2 N–H and O–H groups in total. The van der Waals surface area contributed by atoms with E-state index in [4.69, 9.17) is 4.42 Å². The Morgan fingerprint density at radius 3 is 2.67 bits per heavy atom. The number of phenolic OH excluding ortho intramolecular Hbond substituents is 1. The summed E-state index contributed by atoms with van der Waals surface area (Å²) in [5, 5.41) is 21.4.